The minimum absolute atomic E-state index is 0.0868. The number of benzene rings is 1. The number of alkyl halides is 3. The van der Waals surface area contributed by atoms with Gasteiger partial charge in [-0.1, -0.05) is 24.8 Å². The highest BCUT2D eigenvalue weighted by Gasteiger charge is 2.38. The fourth-order valence-corrected chi connectivity index (χ4v) is 1.33. The van der Waals surface area contributed by atoms with E-state index in [1.54, 1.807) is 12.1 Å². The number of hydrogen-bond donors (Lipinski definition) is 2. The highest BCUT2D eigenvalue weighted by Crippen LogP contribution is 2.20. The topological polar surface area (TPSA) is 58.6 Å². The smallest absolute Gasteiger partial charge is 0.416 e. The molecule has 7 heteroatoms. The molecule has 0 radical (unpaired) electrons. The lowest BCUT2D eigenvalue weighted by Crippen LogP contribution is -2.40. The first-order valence-electron chi connectivity index (χ1n) is 5.72. The van der Waals surface area contributed by atoms with Crippen LogP contribution in [-0.2, 0) is 0 Å². The van der Waals surface area contributed by atoms with Crippen molar-refractivity contribution >= 4 is 5.91 Å². The summed E-state index contributed by atoms with van der Waals surface area (Å²) in [4.78, 5) is 11.8. The van der Waals surface area contributed by atoms with Crippen LogP contribution in [0.4, 0.5) is 13.2 Å². The van der Waals surface area contributed by atoms with E-state index < -0.39 is 24.7 Å². The molecular weight excluding hydrogens is 275 g/mol. The molecule has 110 valence electrons. The Morgan fingerprint density at radius 2 is 2.10 bits per heavy atom. The van der Waals surface area contributed by atoms with E-state index in [0.717, 1.165) is 0 Å². The Bertz CT molecular complexity index is 474. The molecule has 20 heavy (non-hydrogen) atoms. The second-order valence-corrected chi connectivity index (χ2v) is 3.86. The van der Waals surface area contributed by atoms with Crippen LogP contribution >= 0.6 is 0 Å². The quantitative estimate of drug-likeness (QED) is 0.786. The minimum Gasteiger partial charge on any atom is -0.489 e. The molecule has 1 rings (SSSR count). The Balaban J connectivity index is 2.70. The molecule has 0 aliphatic heterocycles. The van der Waals surface area contributed by atoms with Crippen molar-refractivity contribution in [3.05, 3.63) is 42.5 Å². The van der Waals surface area contributed by atoms with Crippen molar-refractivity contribution in [2.24, 2.45) is 0 Å². The van der Waals surface area contributed by atoms with Crippen LogP contribution in [0.15, 0.2) is 36.9 Å². The standard InChI is InChI=1S/C13H14F3NO3/c1-2-7-20-10-6-4-3-5-9(10)12(19)17-8-11(18)13(14,15)16/h2-6,11,18H,1,7-8H2,(H,17,19). The number of ether oxygens (including phenoxy) is 1. The fourth-order valence-electron chi connectivity index (χ4n) is 1.33. The monoisotopic (exact) mass is 289 g/mol. The molecular formula is C13H14F3NO3. The molecule has 0 spiro atoms. The van der Waals surface area contributed by atoms with E-state index in [9.17, 15) is 18.0 Å². The van der Waals surface area contributed by atoms with E-state index in [1.807, 2.05) is 5.32 Å². The maximum absolute atomic E-state index is 12.1. The normalized spacial score (nSPS) is 12.6. The molecule has 1 unspecified atom stereocenters. The lowest BCUT2D eigenvalue weighted by molar-refractivity contribution is -0.201. The highest BCUT2D eigenvalue weighted by molar-refractivity contribution is 5.96. The van der Waals surface area contributed by atoms with Crippen molar-refractivity contribution in [1.82, 2.24) is 5.32 Å². The van der Waals surface area contributed by atoms with Gasteiger partial charge in [-0.15, -0.1) is 0 Å². The Labute approximate surface area is 113 Å². The molecule has 0 aliphatic rings. The molecule has 0 saturated carbocycles. The average Bonchev–Trinajstić information content (AvgIpc) is 2.41. The van der Waals surface area contributed by atoms with Gasteiger partial charge in [0.25, 0.3) is 5.91 Å². The van der Waals surface area contributed by atoms with Crippen molar-refractivity contribution in [2.45, 2.75) is 12.3 Å². The predicted molar refractivity (Wildman–Crippen MR) is 66.5 cm³/mol. The Morgan fingerprint density at radius 3 is 2.70 bits per heavy atom. The highest BCUT2D eigenvalue weighted by atomic mass is 19.4. The molecule has 4 nitrogen and oxygen atoms in total. The van der Waals surface area contributed by atoms with E-state index in [1.165, 1.54) is 18.2 Å². The first kappa shape index (κ1) is 16.0. The molecule has 0 aromatic heterocycles. The van der Waals surface area contributed by atoms with Gasteiger partial charge >= 0.3 is 6.18 Å². The third-order valence-electron chi connectivity index (χ3n) is 2.32. The van der Waals surface area contributed by atoms with Crippen LogP contribution < -0.4 is 10.1 Å². The first-order chi connectivity index (χ1) is 9.36. The Kier molecular flexibility index (Phi) is 5.57. The van der Waals surface area contributed by atoms with Crippen molar-refractivity contribution in [3.63, 3.8) is 0 Å². The third-order valence-corrected chi connectivity index (χ3v) is 2.32. The summed E-state index contributed by atoms with van der Waals surface area (Å²) in [6.45, 7) is 2.70. The van der Waals surface area contributed by atoms with Gasteiger partial charge in [-0.3, -0.25) is 4.79 Å². The van der Waals surface area contributed by atoms with Crippen LogP contribution in [0.5, 0.6) is 5.75 Å². The van der Waals surface area contributed by atoms with Gasteiger partial charge in [-0.25, -0.2) is 0 Å². The van der Waals surface area contributed by atoms with Crippen LogP contribution in [0.1, 0.15) is 10.4 Å². The van der Waals surface area contributed by atoms with E-state index in [0.29, 0.717) is 0 Å². The molecule has 1 amide bonds. The minimum atomic E-state index is -4.77. The fraction of sp³-hybridized carbons (Fsp3) is 0.308. The average molecular weight is 289 g/mol. The van der Waals surface area contributed by atoms with Gasteiger partial charge in [0.15, 0.2) is 6.10 Å². The van der Waals surface area contributed by atoms with Gasteiger partial charge in [-0.2, -0.15) is 13.2 Å². The van der Waals surface area contributed by atoms with Crippen molar-refractivity contribution in [1.29, 1.82) is 0 Å². The zero-order chi connectivity index (χ0) is 15.2. The van der Waals surface area contributed by atoms with Crippen molar-refractivity contribution in [3.8, 4) is 5.75 Å². The molecule has 0 fully saturated rings. The molecule has 0 heterocycles. The summed E-state index contributed by atoms with van der Waals surface area (Å²) in [6, 6.07) is 6.10. The van der Waals surface area contributed by atoms with Crippen molar-refractivity contribution < 1.29 is 27.8 Å². The van der Waals surface area contributed by atoms with E-state index in [4.69, 9.17) is 9.84 Å². The van der Waals surface area contributed by atoms with Gasteiger partial charge in [0.1, 0.15) is 12.4 Å². The number of hydrogen-bond acceptors (Lipinski definition) is 3. The zero-order valence-electron chi connectivity index (χ0n) is 10.5. The number of halogens is 3. The number of carbonyl (C=O) groups excluding carboxylic acids is 1. The van der Waals surface area contributed by atoms with Gasteiger partial charge in [0, 0.05) is 0 Å². The maximum Gasteiger partial charge on any atom is 0.416 e. The number of aliphatic hydroxyl groups excluding tert-OH is 1. The molecule has 1 aromatic rings. The van der Waals surface area contributed by atoms with E-state index in [-0.39, 0.29) is 17.9 Å². The Morgan fingerprint density at radius 1 is 1.45 bits per heavy atom. The van der Waals surface area contributed by atoms with E-state index in [2.05, 4.69) is 6.58 Å². The SMILES string of the molecule is C=CCOc1ccccc1C(=O)NCC(O)C(F)(F)F. The number of para-hydroxylation sites is 1. The van der Waals surface area contributed by atoms with E-state index >= 15 is 0 Å². The number of amides is 1. The zero-order valence-corrected chi connectivity index (χ0v) is 10.5. The molecule has 1 atom stereocenters. The second kappa shape index (κ2) is 6.95. The summed E-state index contributed by atoms with van der Waals surface area (Å²) in [5.74, 6) is -0.528. The Hall–Kier alpha value is -2.02. The maximum atomic E-state index is 12.1. The first-order valence-corrected chi connectivity index (χ1v) is 5.72. The van der Waals surface area contributed by atoms with Crippen molar-refractivity contribution in [2.75, 3.05) is 13.2 Å². The van der Waals surface area contributed by atoms with Gasteiger partial charge in [0.2, 0.25) is 0 Å². The molecule has 0 saturated heterocycles. The lowest BCUT2D eigenvalue weighted by Gasteiger charge is -2.16. The number of rotatable bonds is 6. The van der Waals surface area contributed by atoms with Gasteiger partial charge in [0.05, 0.1) is 12.1 Å². The number of carbonyl (C=O) groups is 1. The molecule has 1 aromatic carbocycles. The largest absolute Gasteiger partial charge is 0.489 e. The third kappa shape index (κ3) is 4.58. The second-order valence-electron chi connectivity index (χ2n) is 3.86. The molecule has 0 aliphatic carbocycles. The summed E-state index contributed by atoms with van der Waals surface area (Å²) in [7, 11) is 0. The van der Waals surface area contributed by atoms with Crippen LogP contribution in [0, 0.1) is 0 Å². The number of nitrogens with one attached hydrogen (secondary N) is 1. The molecule has 2 N–H and O–H groups in total. The summed E-state index contributed by atoms with van der Waals surface area (Å²) < 4.78 is 41.6. The predicted octanol–water partition coefficient (Wildman–Crippen LogP) is 1.90. The van der Waals surface area contributed by atoms with Gasteiger partial charge in [-0.05, 0) is 12.1 Å². The van der Waals surface area contributed by atoms with Crippen LogP contribution in [0.2, 0.25) is 0 Å². The summed E-state index contributed by atoms with van der Waals surface area (Å²) in [6.07, 6.45) is -5.90. The summed E-state index contributed by atoms with van der Waals surface area (Å²) in [5, 5.41) is 10.8. The number of aliphatic hydroxyl groups is 1. The van der Waals surface area contributed by atoms with Crippen LogP contribution in [0.25, 0.3) is 0 Å². The lowest BCUT2D eigenvalue weighted by atomic mass is 10.2. The summed E-state index contributed by atoms with van der Waals surface area (Å²) >= 11 is 0. The molecule has 0 bridgehead atoms. The summed E-state index contributed by atoms with van der Waals surface area (Å²) in [5.41, 5.74) is 0.0868. The van der Waals surface area contributed by atoms with Crippen LogP contribution in [0.3, 0.4) is 0 Å². The van der Waals surface area contributed by atoms with Crippen LogP contribution in [-0.4, -0.2) is 36.4 Å². The van der Waals surface area contributed by atoms with Gasteiger partial charge < -0.3 is 15.2 Å².